The Bertz CT molecular complexity index is 238. The van der Waals surface area contributed by atoms with Gasteiger partial charge in [-0.3, -0.25) is 0 Å². The van der Waals surface area contributed by atoms with Crippen molar-refractivity contribution >= 4 is 33.6 Å². The summed E-state index contributed by atoms with van der Waals surface area (Å²) in [7, 11) is 0. The maximum Gasteiger partial charge on any atom is 0.0406 e. The largest absolute Gasteiger partial charge is 0.0883 e. The van der Waals surface area contributed by atoms with E-state index in [2.05, 4.69) is 15.9 Å². The van der Waals surface area contributed by atoms with E-state index < -0.39 is 0 Å². The van der Waals surface area contributed by atoms with Gasteiger partial charge in [0.05, 0.1) is 0 Å². The Hall–Kier alpha value is -0.270. The van der Waals surface area contributed by atoms with Crippen molar-refractivity contribution in [2.24, 2.45) is 0 Å². The Balaban J connectivity index is 2.73. The van der Waals surface area contributed by atoms with E-state index in [9.17, 15) is 0 Å². The van der Waals surface area contributed by atoms with Crippen molar-refractivity contribution in [2.75, 3.05) is 5.33 Å². The van der Waals surface area contributed by atoms with Gasteiger partial charge in [0.25, 0.3) is 0 Å². The van der Waals surface area contributed by atoms with Crippen LogP contribution in [0.4, 0.5) is 0 Å². The molecular formula is C9H8BrCl. The summed E-state index contributed by atoms with van der Waals surface area (Å²) in [6.45, 7) is 0. The third kappa shape index (κ3) is 3.08. The van der Waals surface area contributed by atoms with Crippen LogP contribution < -0.4 is 0 Å². The summed E-state index contributed by atoms with van der Waals surface area (Å²) < 4.78 is 0. The Labute approximate surface area is 80.0 Å². The van der Waals surface area contributed by atoms with Crippen molar-refractivity contribution in [1.29, 1.82) is 0 Å². The first-order valence-corrected chi connectivity index (χ1v) is 4.81. The Kier molecular flexibility index (Phi) is 3.67. The molecular weight excluding hydrogens is 223 g/mol. The van der Waals surface area contributed by atoms with Crippen LogP contribution in [-0.2, 0) is 0 Å². The van der Waals surface area contributed by atoms with Crippen LogP contribution in [0.2, 0.25) is 5.02 Å². The van der Waals surface area contributed by atoms with E-state index in [1.54, 1.807) is 0 Å². The predicted molar refractivity (Wildman–Crippen MR) is 54.3 cm³/mol. The fourth-order valence-corrected chi connectivity index (χ4v) is 1.07. The molecule has 1 rings (SSSR count). The molecule has 0 amide bonds. The van der Waals surface area contributed by atoms with Crippen LogP contribution in [0.5, 0.6) is 0 Å². The molecule has 0 bridgehead atoms. The highest BCUT2D eigenvalue weighted by atomic mass is 79.9. The van der Waals surface area contributed by atoms with Crippen molar-refractivity contribution in [3.8, 4) is 0 Å². The summed E-state index contributed by atoms with van der Waals surface area (Å²) in [6.07, 6.45) is 4.09. The minimum Gasteiger partial charge on any atom is -0.0883 e. The normalized spacial score (nSPS) is 10.7. The van der Waals surface area contributed by atoms with Crippen molar-refractivity contribution in [3.63, 3.8) is 0 Å². The molecule has 0 N–H and O–H groups in total. The molecule has 0 saturated carbocycles. The van der Waals surface area contributed by atoms with Crippen LogP contribution in [0.1, 0.15) is 5.56 Å². The fourth-order valence-electron chi connectivity index (χ4n) is 0.755. The van der Waals surface area contributed by atoms with Gasteiger partial charge in [-0.25, -0.2) is 0 Å². The second kappa shape index (κ2) is 4.58. The number of benzene rings is 1. The second-order valence-corrected chi connectivity index (χ2v) is 3.19. The summed E-state index contributed by atoms with van der Waals surface area (Å²) in [4.78, 5) is 0. The molecule has 0 radical (unpaired) electrons. The van der Waals surface area contributed by atoms with Gasteiger partial charge in [-0.1, -0.05) is 51.8 Å². The lowest BCUT2D eigenvalue weighted by atomic mass is 10.2. The van der Waals surface area contributed by atoms with Crippen molar-refractivity contribution in [1.82, 2.24) is 0 Å². The molecule has 58 valence electrons. The summed E-state index contributed by atoms with van der Waals surface area (Å²) in [5.74, 6) is 0. The molecule has 0 aliphatic heterocycles. The number of alkyl halides is 1. The van der Waals surface area contributed by atoms with Gasteiger partial charge in [-0.05, 0) is 17.7 Å². The monoisotopic (exact) mass is 230 g/mol. The molecule has 0 atom stereocenters. The van der Waals surface area contributed by atoms with Gasteiger partial charge in [-0.15, -0.1) is 0 Å². The summed E-state index contributed by atoms with van der Waals surface area (Å²) >= 11 is 9.02. The molecule has 11 heavy (non-hydrogen) atoms. The molecule has 0 nitrogen and oxygen atoms in total. The van der Waals surface area contributed by atoms with E-state index in [4.69, 9.17) is 11.6 Å². The number of allylic oxidation sites excluding steroid dienone is 1. The molecule has 0 aromatic heterocycles. The van der Waals surface area contributed by atoms with Crippen LogP contribution in [-0.4, -0.2) is 5.33 Å². The van der Waals surface area contributed by atoms with Crippen molar-refractivity contribution in [3.05, 3.63) is 40.9 Å². The average molecular weight is 232 g/mol. The van der Waals surface area contributed by atoms with Crippen molar-refractivity contribution < 1.29 is 0 Å². The predicted octanol–water partition coefficient (Wildman–Crippen LogP) is 3.75. The lowest BCUT2D eigenvalue weighted by Gasteiger charge is -1.91. The van der Waals surface area contributed by atoms with E-state index in [-0.39, 0.29) is 0 Å². The van der Waals surface area contributed by atoms with E-state index in [0.717, 1.165) is 10.4 Å². The SMILES string of the molecule is Clc1ccc(C=CCBr)cc1. The highest BCUT2D eigenvalue weighted by Gasteiger charge is 1.85. The smallest absolute Gasteiger partial charge is 0.0406 e. The zero-order chi connectivity index (χ0) is 8.10. The van der Waals surface area contributed by atoms with Gasteiger partial charge in [0.15, 0.2) is 0 Å². The first kappa shape index (κ1) is 8.82. The van der Waals surface area contributed by atoms with Crippen LogP contribution in [0.3, 0.4) is 0 Å². The van der Waals surface area contributed by atoms with E-state index in [1.165, 1.54) is 5.56 Å². The third-order valence-electron chi connectivity index (χ3n) is 1.27. The molecule has 2 heteroatoms. The average Bonchev–Trinajstić information content (AvgIpc) is 2.04. The minimum absolute atomic E-state index is 0.779. The standard InChI is InChI=1S/C9H8BrCl/c10-7-1-2-8-3-5-9(11)6-4-8/h1-6H,7H2. The fraction of sp³-hybridized carbons (Fsp3) is 0.111. The highest BCUT2D eigenvalue weighted by Crippen LogP contribution is 2.10. The molecule has 0 aliphatic rings. The zero-order valence-corrected chi connectivity index (χ0v) is 8.27. The maximum absolute atomic E-state index is 5.71. The molecule has 0 saturated heterocycles. The second-order valence-electron chi connectivity index (χ2n) is 2.11. The summed E-state index contributed by atoms with van der Waals surface area (Å²) in [5.41, 5.74) is 1.17. The Morgan fingerprint density at radius 2 is 1.91 bits per heavy atom. The van der Waals surface area contributed by atoms with Crippen LogP contribution in [0.15, 0.2) is 30.3 Å². The molecule has 0 aliphatic carbocycles. The number of hydrogen-bond donors (Lipinski definition) is 0. The molecule has 1 aromatic carbocycles. The zero-order valence-electron chi connectivity index (χ0n) is 5.93. The van der Waals surface area contributed by atoms with Gasteiger partial charge in [0.1, 0.15) is 0 Å². The summed E-state index contributed by atoms with van der Waals surface area (Å²) in [5, 5.41) is 1.66. The summed E-state index contributed by atoms with van der Waals surface area (Å²) in [6, 6.07) is 7.74. The molecule has 1 aromatic rings. The van der Waals surface area contributed by atoms with E-state index in [0.29, 0.717) is 0 Å². The van der Waals surface area contributed by atoms with E-state index in [1.807, 2.05) is 36.4 Å². The van der Waals surface area contributed by atoms with Crippen LogP contribution in [0.25, 0.3) is 6.08 Å². The lowest BCUT2D eigenvalue weighted by Crippen LogP contribution is -1.70. The van der Waals surface area contributed by atoms with Gasteiger partial charge in [0, 0.05) is 10.4 Å². The first-order chi connectivity index (χ1) is 5.33. The lowest BCUT2D eigenvalue weighted by molar-refractivity contribution is 1.65. The number of halogens is 2. The van der Waals surface area contributed by atoms with Gasteiger partial charge >= 0.3 is 0 Å². The van der Waals surface area contributed by atoms with Crippen molar-refractivity contribution in [2.45, 2.75) is 0 Å². The molecule has 0 heterocycles. The van der Waals surface area contributed by atoms with Gasteiger partial charge in [0.2, 0.25) is 0 Å². The topological polar surface area (TPSA) is 0 Å². The third-order valence-corrected chi connectivity index (χ3v) is 1.90. The Morgan fingerprint density at radius 3 is 2.45 bits per heavy atom. The molecule has 0 unspecified atom stereocenters. The van der Waals surface area contributed by atoms with Crippen LogP contribution >= 0.6 is 27.5 Å². The van der Waals surface area contributed by atoms with E-state index >= 15 is 0 Å². The van der Waals surface area contributed by atoms with Crippen LogP contribution in [0, 0.1) is 0 Å². The van der Waals surface area contributed by atoms with Gasteiger partial charge in [-0.2, -0.15) is 0 Å². The number of hydrogen-bond acceptors (Lipinski definition) is 0. The quantitative estimate of drug-likeness (QED) is 0.680. The maximum atomic E-state index is 5.71. The number of rotatable bonds is 2. The molecule has 0 fully saturated rings. The highest BCUT2D eigenvalue weighted by molar-refractivity contribution is 9.09. The Morgan fingerprint density at radius 1 is 1.27 bits per heavy atom. The van der Waals surface area contributed by atoms with Gasteiger partial charge < -0.3 is 0 Å². The first-order valence-electron chi connectivity index (χ1n) is 3.31. The minimum atomic E-state index is 0.779. The molecule has 0 spiro atoms.